The largest absolute Gasteiger partial charge is 0.374 e. The van der Waals surface area contributed by atoms with Crippen LogP contribution in [0.1, 0.15) is 46.5 Å². The van der Waals surface area contributed by atoms with Crippen molar-refractivity contribution in [2.45, 2.75) is 52.1 Å². The fourth-order valence-corrected chi connectivity index (χ4v) is 1.76. The molecule has 14 heavy (non-hydrogen) atoms. The quantitative estimate of drug-likeness (QED) is 0.624. The van der Waals surface area contributed by atoms with Gasteiger partial charge >= 0.3 is 0 Å². The van der Waals surface area contributed by atoms with Gasteiger partial charge in [-0.25, -0.2) is 0 Å². The summed E-state index contributed by atoms with van der Waals surface area (Å²) in [6.45, 7) is 13.7. The van der Waals surface area contributed by atoms with Crippen LogP contribution in [0.2, 0.25) is 0 Å². The summed E-state index contributed by atoms with van der Waals surface area (Å²) in [5, 5.41) is 0. The first-order chi connectivity index (χ1) is 6.52. The summed E-state index contributed by atoms with van der Waals surface area (Å²) in [7, 11) is 0. The van der Waals surface area contributed by atoms with Gasteiger partial charge in [-0.2, -0.15) is 0 Å². The van der Waals surface area contributed by atoms with Crippen LogP contribution in [0, 0.1) is 11.3 Å². The van der Waals surface area contributed by atoms with Crippen LogP contribution in [0.3, 0.4) is 0 Å². The van der Waals surface area contributed by atoms with E-state index in [1.54, 1.807) is 0 Å². The molecule has 1 nitrogen and oxygen atoms in total. The van der Waals surface area contributed by atoms with Crippen molar-refractivity contribution in [2.75, 3.05) is 6.61 Å². The molecule has 0 aromatic rings. The normalized spacial score (nSPS) is 23.6. The molecule has 0 radical (unpaired) electrons. The Bertz CT molecular complexity index is 182. The Morgan fingerprint density at radius 1 is 1.21 bits per heavy atom. The Labute approximate surface area is 88.5 Å². The summed E-state index contributed by atoms with van der Waals surface area (Å²) in [6, 6.07) is 0. The lowest BCUT2D eigenvalue weighted by Crippen LogP contribution is -2.24. The van der Waals surface area contributed by atoms with E-state index in [0.29, 0.717) is 11.0 Å². The molecule has 2 saturated carbocycles. The molecular weight excluding hydrogens is 172 g/mol. The molecule has 0 saturated heterocycles. The van der Waals surface area contributed by atoms with E-state index < -0.39 is 0 Å². The van der Waals surface area contributed by atoms with Gasteiger partial charge in [-0.15, -0.1) is 13.2 Å². The second-order valence-electron chi connectivity index (χ2n) is 5.69. The van der Waals surface area contributed by atoms with Crippen molar-refractivity contribution in [2.24, 2.45) is 11.3 Å². The molecule has 2 fully saturated rings. The van der Waals surface area contributed by atoms with Crippen LogP contribution in [-0.4, -0.2) is 12.2 Å². The summed E-state index contributed by atoms with van der Waals surface area (Å²) in [4.78, 5) is 0. The van der Waals surface area contributed by atoms with Gasteiger partial charge < -0.3 is 4.74 Å². The molecule has 0 bridgehead atoms. The van der Waals surface area contributed by atoms with Crippen molar-refractivity contribution < 1.29 is 4.74 Å². The second-order valence-corrected chi connectivity index (χ2v) is 5.69. The van der Waals surface area contributed by atoms with Crippen LogP contribution in [0.15, 0.2) is 13.2 Å². The molecule has 2 rings (SSSR count). The number of hydrogen-bond acceptors (Lipinski definition) is 1. The van der Waals surface area contributed by atoms with Crippen LogP contribution < -0.4 is 0 Å². The van der Waals surface area contributed by atoms with Crippen LogP contribution in [-0.2, 0) is 4.74 Å². The third-order valence-electron chi connectivity index (χ3n) is 2.86. The molecule has 0 aliphatic heterocycles. The third kappa shape index (κ3) is 3.13. The minimum atomic E-state index is 0.338. The molecule has 0 amide bonds. The molecule has 0 heterocycles. The van der Waals surface area contributed by atoms with Crippen molar-refractivity contribution in [3.63, 3.8) is 0 Å². The summed E-state index contributed by atoms with van der Waals surface area (Å²) in [5.41, 5.74) is 0.706. The monoisotopic (exact) mass is 196 g/mol. The van der Waals surface area contributed by atoms with Crippen LogP contribution >= 0.6 is 0 Å². The first-order valence-corrected chi connectivity index (χ1v) is 5.66. The van der Waals surface area contributed by atoms with E-state index in [2.05, 4.69) is 33.9 Å². The molecule has 0 atom stereocenters. The smallest absolute Gasteiger partial charge is 0.0713 e. The summed E-state index contributed by atoms with van der Waals surface area (Å²) in [5.74, 6) is 0.930. The average molecular weight is 196 g/mol. The third-order valence-corrected chi connectivity index (χ3v) is 2.86. The van der Waals surface area contributed by atoms with Crippen LogP contribution in [0.25, 0.3) is 0 Å². The molecule has 82 valence electrons. The fraction of sp³-hybridized carbons (Fsp3) is 0.846. The molecule has 0 spiro atoms. The Morgan fingerprint density at radius 3 is 2.00 bits per heavy atom. The van der Waals surface area contributed by atoms with Gasteiger partial charge in [0.25, 0.3) is 0 Å². The molecule has 2 aliphatic carbocycles. The maximum Gasteiger partial charge on any atom is 0.0713 e. The van der Waals surface area contributed by atoms with E-state index in [0.717, 1.165) is 12.5 Å². The van der Waals surface area contributed by atoms with Crippen LogP contribution in [0.4, 0.5) is 0 Å². The van der Waals surface area contributed by atoms with Gasteiger partial charge in [0.05, 0.1) is 12.2 Å². The lowest BCUT2D eigenvalue weighted by atomic mass is 9.98. The number of rotatable bonds is 3. The second kappa shape index (κ2) is 4.06. The van der Waals surface area contributed by atoms with Gasteiger partial charge in [-0.05, 0) is 37.0 Å². The summed E-state index contributed by atoms with van der Waals surface area (Å²) >= 11 is 0. The van der Waals surface area contributed by atoms with Gasteiger partial charge in [0.2, 0.25) is 0 Å². The highest BCUT2D eigenvalue weighted by molar-refractivity contribution is 5.06. The van der Waals surface area contributed by atoms with Crippen molar-refractivity contribution in [1.29, 1.82) is 0 Å². The van der Waals surface area contributed by atoms with Gasteiger partial charge in [0.1, 0.15) is 0 Å². The summed E-state index contributed by atoms with van der Waals surface area (Å²) in [6.07, 6.45) is 5.50. The first kappa shape index (κ1) is 11.8. The average Bonchev–Trinajstić information content (AvgIpc) is 2.97. The Hall–Kier alpha value is -0.300. The highest BCUT2D eigenvalue weighted by Gasteiger charge is 2.55. The highest BCUT2D eigenvalue weighted by atomic mass is 16.5. The zero-order valence-electron chi connectivity index (χ0n) is 9.94. The Balaban J connectivity index is 0.000000461. The predicted octanol–water partition coefficient (Wildman–Crippen LogP) is 3.79. The van der Waals surface area contributed by atoms with Crippen molar-refractivity contribution in [1.82, 2.24) is 0 Å². The maximum absolute atomic E-state index is 6.03. The molecule has 0 unspecified atom stereocenters. The molecule has 0 aromatic heterocycles. The van der Waals surface area contributed by atoms with E-state index in [1.165, 1.54) is 25.7 Å². The van der Waals surface area contributed by atoms with E-state index in [9.17, 15) is 0 Å². The van der Waals surface area contributed by atoms with Crippen LogP contribution in [0.5, 0.6) is 0 Å². The first-order valence-electron chi connectivity index (χ1n) is 5.66. The molecule has 1 heteroatoms. The number of ether oxygens (including phenoxy) is 1. The topological polar surface area (TPSA) is 9.23 Å². The number of hydrogen-bond donors (Lipinski definition) is 0. The Morgan fingerprint density at radius 2 is 1.71 bits per heavy atom. The Kier molecular flexibility index (Phi) is 3.41. The lowest BCUT2D eigenvalue weighted by molar-refractivity contribution is -0.0213. The predicted molar refractivity (Wildman–Crippen MR) is 61.4 cm³/mol. The fourth-order valence-electron chi connectivity index (χ4n) is 1.76. The minimum Gasteiger partial charge on any atom is -0.374 e. The minimum absolute atomic E-state index is 0.338. The standard InChI is InChI=1S/C11H20O.C2H4/c1-10(2,3)8-12-11(6-7-11)9-4-5-9;1-2/h9H,4-8H2,1-3H3;1-2H2. The molecule has 2 aliphatic rings. The van der Waals surface area contributed by atoms with Gasteiger partial charge in [0, 0.05) is 0 Å². The van der Waals surface area contributed by atoms with E-state index in [4.69, 9.17) is 4.74 Å². The lowest BCUT2D eigenvalue weighted by Gasteiger charge is -2.23. The van der Waals surface area contributed by atoms with E-state index in [1.807, 2.05) is 0 Å². The SMILES string of the molecule is C=C.CC(C)(C)COC1(C2CC2)CC1. The van der Waals surface area contributed by atoms with Gasteiger partial charge in [0.15, 0.2) is 0 Å². The van der Waals surface area contributed by atoms with E-state index in [-0.39, 0.29) is 0 Å². The zero-order valence-corrected chi connectivity index (χ0v) is 9.94. The summed E-state index contributed by atoms with van der Waals surface area (Å²) < 4.78 is 6.03. The van der Waals surface area contributed by atoms with Crippen molar-refractivity contribution >= 4 is 0 Å². The van der Waals surface area contributed by atoms with Crippen molar-refractivity contribution in [3.8, 4) is 0 Å². The van der Waals surface area contributed by atoms with Gasteiger partial charge in [-0.1, -0.05) is 20.8 Å². The van der Waals surface area contributed by atoms with Crippen molar-refractivity contribution in [3.05, 3.63) is 13.2 Å². The maximum atomic E-state index is 6.03. The molecule has 0 N–H and O–H groups in total. The molecular formula is C13H24O. The highest BCUT2D eigenvalue weighted by Crippen LogP contribution is 2.56. The van der Waals surface area contributed by atoms with E-state index >= 15 is 0 Å². The molecule has 0 aromatic carbocycles. The van der Waals surface area contributed by atoms with Gasteiger partial charge in [-0.3, -0.25) is 0 Å². The zero-order chi connectivity index (χ0) is 10.8.